The highest BCUT2D eigenvalue weighted by molar-refractivity contribution is 7.99. The van der Waals surface area contributed by atoms with Crippen LogP contribution in [0.5, 0.6) is 0 Å². The molecule has 1 aromatic heterocycles. The highest BCUT2D eigenvalue weighted by Crippen LogP contribution is 2.48. The Morgan fingerprint density at radius 2 is 1.94 bits per heavy atom. The Hall–Kier alpha value is -0.630. The van der Waals surface area contributed by atoms with E-state index in [1.54, 1.807) is 17.8 Å². The molecule has 33 heavy (non-hydrogen) atoms. The molecule has 1 unspecified atom stereocenters. The normalized spacial score (nSPS) is 21.5. The minimum atomic E-state index is -1.02. The van der Waals surface area contributed by atoms with Crippen LogP contribution >= 0.6 is 35.0 Å². The molecule has 1 N–H and O–H groups in total. The first-order valence-corrected chi connectivity index (χ1v) is 14.3. The fourth-order valence-electron chi connectivity index (χ4n) is 4.93. The molecule has 0 bridgehead atoms. The number of anilines is 1. The van der Waals surface area contributed by atoms with E-state index in [0.29, 0.717) is 16.1 Å². The number of hydrogen-bond donors (Lipinski definition) is 1. The molecule has 4 rings (SSSR count). The first-order valence-electron chi connectivity index (χ1n) is 11.6. The lowest BCUT2D eigenvalue weighted by Gasteiger charge is -2.44. The number of aryl methyl sites for hydroxylation is 1. The van der Waals surface area contributed by atoms with E-state index in [1.165, 1.54) is 18.5 Å². The van der Waals surface area contributed by atoms with Gasteiger partial charge >= 0.3 is 0 Å². The highest BCUT2D eigenvalue weighted by atomic mass is 35.5. The van der Waals surface area contributed by atoms with E-state index in [-0.39, 0.29) is 10.2 Å². The maximum Gasteiger partial charge on any atom is 0.136 e. The van der Waals surface area contributed by atoms with Gasteiger partial charge in [-0.15, -0.1) is 4.72 Å². The van der Waals surface area contributed by atoms with Crippen LogP contribution in [0.25, 0.3) is 0 Å². The van der Waals surface area contributed by atoms with Gasteiger partial charge in [-0.05, 0) is 82.6 Å². The molecule has 4 nitrogen and oxygen atoms in total. The molecule has 2 fully saturated rings. The molecule has 0 radical (unpaired) electrons. The van der Waals surface area contributed by atoms with Crippen LogP contribution in [-0.2, 0) is 11.4 Å². The average Bonchev–Trinajstić information content (AvgIpc) is 3.14. The summed E-state index contributed by atoms with van der Waals surface area (Å²) in [5.41, 5.74) is 2.57. The Balaban J connectivity index is 1.41. The van der Waals surface area contributed by atoms with Crippen LogP contribution in [0.2, 0.25) is 10.0 Å². The molecule has 0 amide bonds. The van der Waals surface area contributed by atoms with E-state index in [0.717, 1.165) is 47.8 Å². The van der Waals surface area contributed by atoms with Gasteiger partial charge in [0.1, 0.15) is 9.77 Å². The summed E-state index contributed by atoms with van der Waals surface area (Å²) in [7, 11) is 0. The van der Waals surface area contributed by atoms with Gasteiger partial charge in [-0.2, -0.15) is 0 Å². The molecular weight excluding hydrogens is 493 g/mol. The SMILES string of the molecule is Cc1cc(N2CCC3(CCC[C@H]3N[S+]([O-])C(C)(C)C)CC2)cnc1Sc1cccc(Cl)c1Cl. The summed E-state index contributed by atoms with van der Waals surface area (Å²) >= 11 is 13.1. The van der Waals surface area contributed by atoms with Gasteiger partial charge in [0.25, 0.3) is 0 Å². The maximum absolute atomic E-state index is 12.7. The lowest BCUT2D eigenvalue weighted by molar-refractivity contribution is 0.187. The molecule has 1 spiro atoms. The molecule has 2 aliphatic rings. The van der Waals surface area contributed by atoms with Gasteiger partial charge in [-0.3, -0.25) is 0 Å². The summed E-state index contributed by atoms with van der Waals surface area (Å²) in [6.07, 6.45) is 7.80. The molecule has 1 saturated carbocycles. The van der Waals surface area contributed by atoms with E-state index in [2.05, 4.69) is 22.6 Å². The predicted molar refractivity (Wildman–Crippen MR) is 142 cm³/mol. The van der Waals surface area contributed by atoms with Crippen LogP contribution < -0.4 is 9.62 Å². The van der Waals surface area contributed by atoms with Gasteiger partial charge < -0.3 is 9.45 Å². The summed E-state index contributed by atoms with van der Waals surface area (Å²) < 4.78 is 16.0. The number of hydrogen-bond acceptors (Lipinski definition) is 5. The van der Waals surface area contributed by atoms with Crippen molar-refractivity contribution in [3.63, 3.8) is 0 Å². The van der Waals surface area contributed by atoms with Gasteiger partial charge in [0.2, 0.25) is 0 Å². The highest BCUT2D eigenvalue weighted by Gasteiger charge is 2.47. The second-order valence-electron chi connectivity index (χ2n) is 10.3. The Morgan fingerprint density at radius 3 is 2.61 bits per heavy atom. The monoisotopic (exact) mass is 525 g/mol. The zero-order valence-electron chi connectivity index (χ0n) is 19.8. The molecule has 1 aliphatic carbocycles. The van der Waals surface area contributed by atoms with Crippen LogP contribution in [0, 0.1) is 12.3 Å². The van der Waals surface area contributed by atoms with E-state index >= 15 is 0 Å². The average molecular weight is 527 g/mol. The Kier molecular flexibility index (Phi) is 7.84. The first kappa shape index (κ1) is 25.5. The Morgan fingerprint density at radius 1 is 1.21 bits per heavy atom. The van der Waals surface area contributed by atoms with Crippen LogP contribution in [-0.4, -0.2) is 33.4 Å². The minimum absolute atomic E-state index is 0.233. The van der Waals surface area contributed by atoms with Crippen molar-refractivity contribution in [3.8, 4) is 0 Å². The number of halogens is 2. The molecule has 2 aromatic rings. The summed E-state index contributed by atoms with van der Waals surface area (Å²) in [5.74, 6) is 0. The first-order chi connectivity index (χ1) is 15.6. The van der Waals surface area contributed by atoms with Crippen LogP contribution in [0.1, 0.15) is 58.4 Å². The van der Waals surface area contributed by atoms with Gasteiger partial charge in [-0.1, -0.05) is 47.5 Å². The number of nitrogens with zero attached hydrogens (tertiary/aromatic N) is 2. The summed E-state index contributed by atoms with van der Waals surface area (Å²) in [6.45, 7) is 10.2. The summed E-state index contributed by atoms with van der Waals surface area (Å²) in [4.78, 5) is 8.12. The molecule has 1 aliphatic heterocycles. The Labute approximate surface area is 215 Å². The van der Waals surface area contributed by atoms with E-state index in [9.17, 15) is 4.55 Å². The summed E-state index contributed by atoms with van der Waals surface area (Å²) in [5, 5.41) is 2.08. The van der Waals surface area contributed by atoms with Crippen molar-refractivity contribution in [2.24, 2.45) is 5.41 Å². The summed E-state index contributed by atoms with van der Waals surface area (Å²) in [6, 6.07) is 8.25. The molecule has 180 valence electrons. The maximum atomic E-state index is 12.7. The standard InChI is InChI=1S/C25H33Cl2N3OS2/c1-17-15-18(16-28-23(17)32-20-8-5-7-19(26)22(20)27)30-13-11-25(12-14-30)10-6-9-21(25)29-33(31)24(2,3)4/h5,7-8,15-16,21,29H,6,9-14H2,1-4H3/t21-,33?/m1/s1. The van der Waals surface area contributed by atoms with Crippen molar-refractivity contribution in [1.29, 1.82) is 0 Å². The molecule has 2 atom stereocenters. The van der Waals surface area contributed by atoms with Crippen LogP contribution in [0.15, 0.2) is 40.4 Å². The molecular formula is C25H33Cl2N3OS2. The smallest absolute Gasteiger partial charge is 0.136 e. The minimum Gasteiger partial charge on any atom is -0.598 e. The lowest BCUT2D eigenvalue weighted by atomic mass is 9.74. The van der Waals surface area contributed by atoms with E-state index in [1.807, 2.05) is 39.1 Å². The quantitative estimate of drug-likeness (QED) is 0.424. The van der Waals surface area contributed by atoms with Crippen molar-refractivity contribution in [2.45, 2.75) is 80.5 Å². The third-order valence-corrected chi connectivity index (χ3v) is 10.7. The van der Waals surface area contributed by atoms with Crippen molar-refractivity contribution >= 4 is 52.0 Å². The zero-order valence-corrected chi connectivity index (χ0v) is 22.9. The largest absolute Gasteiger partial charge is 0.598 e. The molecule has 8 heteroatoms. The molecule has 2 heterocycles. The number of nitrogens with one attached hydrogen (secondary N) is 1. The van der Waals surface area contributed by atoms with Crippen molar-refractivity contribution < 1.29 is 4.55 Å². The Bertz CT molecular complexity index is 990. The third-order valence-electron chi connectivity index (χ3n) is 6.98. The number of aromatic nitrogens is 1. The second-order valence-corrected chi connectivity index (χ2v) is 14.1. The number of rotatable bonds is 5. The third kappa shape index (κ3) is 5.62. The van der Waals surface area contributed by atoms with Gasteiger partial charge in [0, 0.05) is 29.3 Å². The lowest BCUT2D eigenvalue weighted by Crippen LogP contribution is -2.53. The zero-order chi connectivity index (χ0) is 23.8. The van der Waals surface area contributed by atoms with Gasteiger partial charge in [0.05, 0.1) is 28.0 Å². The van der Waals surface area contributed by atoms with Gasteiger partial charge in [0.15, 0.2) is 0 Å². The number of pyridine rings is 1. The topological polar surface area (TPSA) is 51.2 Å². The molecule has 1 saturated heterocycles. The fraction of sp³-hybridized carbons (Fsp3) is 0.560. The van der Waals surface area contributed by atoms with Crippen LogP contribution in [0.3, 0.4) is 0 Å². The van der Waals surface area contributed by atoms with Crippen molar-refractivity contribution in [3.05, 3.63) is 46.1 Å². The van der Waals surface area contributed by atoms with Crippen molar-refractivity contribution in [1.82, 2.24) is 9.71 Å². The predicted octanol–water partition coefficient (Wildman–Crippen LogP) is 7.04. The fourth-order valence-corrected chi connectivity index (χ4v) is 7.26. The number of benzene rings is 1. The van der Waals surface area contributed by atoms with Crippen molar-refractivity contribution in [2.75, 3.05) is 18.0 Å². The van der Waals surface area contributed by atoms with Crippen LogP contribution in [0.4, 0.5) is 5.69 Å². The second kappa shape index (κ2) is 10.2. The number of piperidine rings is 1. The van der Waals surface area contributed by atoms with E-state index < -0.39 is 11.4 Å². The van der Waals surface area contributed by atoms with Gasteiger partial charge in [-0.25, -0.2) is 4.98 Å². The van der Waals surface area contributed by atoms with E-state index in [4.69, 9.17) is 28.2 Å². The molecule has 1 aromatic carbocycles.